The Bertz CT molecular complexity index is 1110. The van der Waals surface area contributed by atoms with E-state index >= 15 is 0 Å². The summed E-state index contributed by atoms with van der Waals surface area (Å²) >= 11 is 0. The van der Waals surface area contributed by atoms with Gasteiger partial charge in [0.05, 0.1) is 30.0 Å². The van der Waals surface area contributed by atoms with Crippen molar-refractivity contribution < 1.29 is 18.7 Å². The second kappa shape index (κ2) is 8.68. The zero-order valence-corrected chi connectivity index (χ0v) is 17.3. The van der Waals surface area contributed by atoms with Gasteiger partial charge in [0.2, 0.25) is 5.88 Å². The largest absolute Gasteiger partial charge is 0.473 e. The Hall–Kier alpha value is -3.53. The van der Waals surface area contributed by atoms with E-state index in [-0.39, 0.29) is 24.4 Å². The number of anilines is 1. The molecule has 3 aromatic rings. The van der Waals surface area contributed by atoms with E-state index in [1.807, 2.05) is 0 Å². The van der Waals surface area contributed by atoms with Crippen molar-refractivity contribution in [3.63, 3.8) is 0 Å². The highest BCUT2D eigenvalue weighted by atomic mass is 19.1. The normalized spacial score (nSPS) is 16.4. The molecule has 0 unspecified atom stereocenters. The van der Waals surface area contributed by atoms with Gasteiger partial charge in [0.15, 0.2) is 5.52 Å². The first-order valence-corrected chi connectivity index (χ1v) is 9.80. The third-order valence-corrected chi connectivity index (χ3v) is 5.01. The number of fused-ring (bicyclic) bond motifs is 1. The average molecular weight is 426 g/mol. The molecule has 2 N–H and O–H groups in total. The van der Waals surface area contributed by atoms with Crippen molar-refractivity contribution in [1.29, 1.82) is 0 Å². The standard InChI is InChI=1S/C21H23FN6O3/c1-27(2)18-4-3-13(9-15(18)22)16-10-17-19(25-6-5-24-17)20(26-16)31-12-14-11-28(21(23)29)7-8-30-14/h3-6,9-10,14H,7-8,11-12H2,1-2H3,(H2,23,29)/t14-/m0/s1. The monoisotopic (exact) mass is 426 g/mol. The summed E-state index contributed by atoms with van der Waals surface area (Å²) in [5, 5.41) is 0. The Kier molecular flexibility index (Phi) is 5.81. The third-order valence-electron chi connectivity index (χ3n) is 5.01. The smallest absolute Gasteiger partial charge is 0.314 e. The number of morpholine rings is 1. The fourth-order valence-corrected chi connectivity index (χ4v) is 3.41. The molecule has 1 fully saturated rings. The van der Waals surface area contributed by atoms with Crippen LogP contribution in [0, 0.1) is 5.82 Å². The molecule has 1 aliphatic heterocycles. The van der Waals surface area contributed by atoms with Crippen LogP contribution in [0.25, 0.3) is 22.3 Å². The number of rotatable bonds is 5. The van der Waals surface area contributed by atoms with Gasteiger partial charge in [-0.2, -0.15) is 0 Å². The fraction of sp³-hybridized carbons (Fsp3) is 0.333. The van der Waals surface area contributed by atoms with Gasteiger partial charge < -0.3 is 25.0 Å². The summed E-state index contributed by atoms with van der Waals surface area (Å²) in [6.45, 7) is 1.31. The van der Waals surface area contributed by atoms with E-state index in [4.69, 9.17) is 15.2 Å². The zero-order valence-electron chi connectivity index (χ0n) is 17.3. The highest BCUT2D eigenvalue weighted by Gasteiger charge is 2.24. The van der Waals surface area contributed by atoms with Gasteiger partial charge >= 0.3 is 6.03 Å². The van der Waals surface area contributed by atoms with Gasteiger partial charge in [-0.3, -0.25) is 4.98 Å². The molecule has 1 saturated heterocycles. The molecule has 0 aliphatic carbocycles. The summed E-state index contributed by atoms with van der Waals surface area (Å²) < 4.78 is 26.1. The van der Waals surface area contributed by atoms with Crippen molar-refractivity contribution >= 4 is 22.8 Å². The van der Waals surface area contributed by atoms with Crippen molar-refractivity contribution in [3.05, 3.63) is 42.5 Å². The van der Waals surface area contributed by atoms with Gasteiger partial charge in [-0.15, -0.1) is 0 Å². The molecule has 2 amide bonds. The number of carbonyl (C=O) groups is 1. The number of aromatic nitrogens is 3. The van der Waals surface area contributed by atoms with Crippen LogP contribution in [-0.2, 0) is 4.74 Å². The second-order valence-electron chi connectivity index (χ2n) is 7.39. The topological polar surface area (TPSA) is 107 Å². The molecule has 4 rings (SSSR count). The van der Waals surface area contributed by atoms with E-state index in [1.54, 1.807) is 49.6 Å². The van der Waals surface area contributed by atoms with Crippen molar-refractivity contribution in [2.45, 2.75) is 6.10 Å². The predicted octanol–water partition coefficient (Wildman–Crippen LogP) is 2.06. The molecular formula is C21H23FN6O3. The number of pyridine rings is 1. The molecule has 2 aromatic heterocycles. The minimum Gasteiger partial charge on any atom is -0.473 e. The molecule has 0 bridgehead atoms. The summed E-state index contributed by atoms with van der Waals surface area (Å²) in [5.41, 5.74) is 8.00. The molecule has 0 saturated carbocycles. The van der Waals surface area contributed by atoms with Crippen molar-refractivity contribution in [3.8, 4) is 17.1 Å². The van der Waals surface area contributed by atoms with Crippen molar-refractivity contribution in [1.82, 2.24) is 19.9 Å². The average Bonchev–Trinajstić information content (AvgIpc) is 2.77. The molecule has 10 heteroatoms. The lowest BCUT2D eigenvalue weighted by Crippen LogP contribution is -2.49. The summed E-state index contributed by atoms with van der Waals surface area (Å²) in [6.07, 6.45) is 2.77. The lowest BCUT2D eigenvalue weighted by atomic mass is 10.1. The highest BCUT2D eigenvalue weighted by molar-refractivity contribution is 5.83. The maximum atomic E-state index is 14.5. The van der Waals surface area contributed by atoms with Crippen LogP contribution in [0.1, 0.15) is 0 Å². The lowest BCUT2D eigenvalue weighted by Gasteiger charge is -2.31. The second-order valence-corrected chi connectivity index (χ2v) is 7.39. The SMILES string of the molecule is CN(C)c1ccc(-c2cc3nccnc3c(OC[C@@H]3CN(C(N)=O)CCO3)n2)cc1F. The third kappa shape index (κ3) is 4.48. The quantitative estimate of drug-likeness (QED) is 0.665. The van der Waals surface area contributed by atoms with Gasteiger partial charge in [0, 0.05) is 38.6 Å². The predicted molar refractivity (Wildman–Crippen MR) is 113 cm³/mol. The van der Waals surface area contributed by atoms with E-state index < -0.39 is 6.03 Å². The molecule has 1 aliphatic rings. The van der Waals surface area contributed by atoms with Crippen LogP contribution in [0.2, 0.25) is 0 Å². The minimum absolute atomic E-state index is 0.153. The van der Waals surface area contributed by atoms with Crippen LogP contribution < -0.4 is 15.4 Å². The number of urea groups is 1. The first-order chi connectivity index (χ1) is 14.9. The summed E-state index contributed by atoms with van der Waals surface area (Å²) in [7, 11) is 3.56. The number of primary amides is 1. The van der Waals surface area contributed by atoms with E-state index in [9.17, 15) is 9.18 Å². The zero-order chi connectivity index (χ0) is 22.0. The Morgan fingerprint density at radius 1 is 1.32 bits per heavy atom. The van der Waals surface area contributed by atoms with E-state index in [1.165, 1.54) is 11.0 Å². The Morgan fingerprint density at radius 3 is 2.87 bits per heavy atom. The van der Waals surface area contributed by atoms with E-state index in [2.05, 4.69) is 15.0 Å². The molecule has 1 aromatic carbocycles. The van der Waals surface area contributed by atoms with Gasteiger partial charge in [-0.25, -0.2) is 19.2 Å². The number of nitrogens with zero attached hydrogens (tertiary/aromatic N) is 5. The Morgan fingerprint density at radius 2 is 2.13 bits per heavy atom. The Labute approximate surface area is 178 Å². The summed E-state index contributed by atoms with van der Waals surface area (Å²) in [4.78, 5) is 27.9. The first-order valence-electron chi connectivity index (χ1n) is 9.80. The number of hydrogen-bond acceptors (Lipinski definition) is 7. The summed E-state index contributed by atoms with van der Waals surface area (Å²) in [5.74, 6) is -0.0920. The van der Waals surface area contributed by atoms with Crippen LogP contribution in [-0.4, -0.2) is 72.4 Å². The molecule has 0 radical (unpaired) electrons. The van der Waals surface area contributed by atoms with Gasteiger partial charge in [-0.05, 0) is 18.2 Å². The number of nitrogens with two attached hydrogens (primary N) is 1. The maximum absolute atomic E-state index is 14.5. The molecule has 9 nitrogen and oxygen atoms in total. The highest BCUT2D eigenvalue weighted by Crippen LogP contribution is 2.29. The van der Waals surface area contributed by atoms with Gasteiger partial charge in [0.1, 0.15) is 18.5 Å². The van der Waals surface area contributed by atoms with Crippen LogP contribution in [0.3, 0.4) is 0 Å². The molecular weight excluding hydrogens is 403 g/mol. The van der Waals surface area contributed by atoms with Crippen LogP contribution in [0.5, 0.6) is 5.88 Å². The first kappa shape index (κ1) is 20.7. The van der Waals surface area contributed by atoms with E-state index in [0.717, 1.165) is 0 Å². The van der Waals surface area contributed by atoms with Crippen molar-refractivity contribution in [2.24, 2.45) is 5.73 Å². The lowest BCUT2D eigenvalue weighted by molar-refractivity contribution is -0.0346. The Balaban J connectivity index is 1.63. The van der Waals surface area contributed by atoms with Crippen LogP contribution in [0.4, 0.5) is 14.9 Å². The number of halogens is 1. The minimum atomic E-state index is -0.493. The molecule has 1 atom stereocenters. The maximum Gasteiger partial charge on any atom is 0.314 e. The molecule has 31 heavy (non-hydrogen) atoms. The molecule has 162 valence electrons. The van der Waals surface area contributed by atoms with Crippen molar-refractivity contribution in [2.75, 3.05) is 45.3 Å². The fourth-order valence-electron chi connectivity index (χ4n) is 3.41. The number of carbonyl (C=O) groups excluding carboxylic acids is 1. The number of ether oxygens (including phenoxy) is 2. The number of hydrogen-bond donors (Lipinski definition) is 1. The number of benzene rings is 1. The van der Waals surface area contributed by atoms with Gasteiger partial charge in [-0.1, -0.05) is 6.07 Å². The number of amides is 2. The van der Waals surface area contributed by atoms with E-state index in [0.29, 0.717) is 47.7 Å². The summed E-state index contributed by atoms with van der Waals surface area (Å²) in [6, 6.07) is 6.17. The van der Waals surface area contributed by atoms with Gasteiger partial charge in [0.25, 0.3) is 0 Å². The van der Waals surface area contributed by atoms with Crippen LogP contribution >= 0.6 is 0 Å². The molecule has 3 heterocycles. The molecule has 0 spiro atoms. The van der Waals surface area contributed by atoms with Crippen LogP contribution in [0.15, 0.2) is 36.7 Å².